The van der Waals surface area contributed by atoms with E-state index in [9.17, 15) is 0 Å². The standard InChI is InChI=1S/2C8H9.2FH.Hf/c2*1-2-5-8-6-3-4-7-8;;;/h2*2-3,6H,1,4-5H2;2*1H;/q;;;;+2/p-2. The molecule has 0 bridgehead atoms. The molecule has 0 heterocycles. The summed E-state index contributed by atoms with van der Waals surface area (Å²) in [7, 11) is 0. The van der Waals surface area contributed by atoms with Crippen LogP contribution >= 0.6 is 0 Å². The molecule has 0 fully saturated rings. The number of allylic oxidation sites excluding steroid dienone is 10. The van der Waals surface area contributed by atoms with Crippen molar-refractivity contribution in [2.75, 3.05) is 0 Å². The minimum atomic E-state index is -0.778. The van der Waals surface area contributed by atoms with Crippen LogP contribution in [-0.4, -0.2) is 0 Å². The number of hydrogen-bond acceptors (Lipinski definition) is 0. The van der Waals surface area contributed by atoms with Crippen molar-refractivity contribution >= 4 is 0 Å². The van der Waals surface area contributed by atoms with E-state index in [0.717, 1.165) is 12.8 Å². The van der Waals surface area contributed by atoms with E-state index in [1.54, 1.807) is 17.8 Å². The van der Waals surface area contributed by atoms with Crippen molar-refractivity contribution in [3.63, 3.8) is 0 Å². The van der Waals surface area contributed by atoms with Crippen molar-refractivity contribution in [3.05, 3.63) is 67.4 Å². The predicted octanol–water partition coefficient (Wildman–Crippen LogP) is -1.34. The fraction of sp³-hybridized carbons (Fsp3) is 0.250. The van der Waals surface area contributed by atoms with Gasteiger partial charge in [-0.2, -0.15) is 0 Å². The Bertz CT molecular complexity index is 411. The van der Waals surface area contributed by atoms with E-state index in [-0.39, 0.29) is 9.41 Å². The molecule has 0 aliphatic heterocycles. The quantitative estimate of drug-likeness (QED) is 0.364. The molecule has 2 aliphatic carbocycles. The second kappa shape index (κ2) is 9.13. The van der Waals surface area contributed by atoms with Crippen LogP contribution in [0.5, 0.6) is 0 Å². The minimum absolute atomic E-state index is 0. The number of hydrogen-bond donors (Lipinski definition) is 0. The van der Waals surface area contributed by atoms with E-state index in [4.69, 9.17) is 0 Å². The van der Waals surface area contributed by atoms with Crippen molar-refractivity contribution < 1.29 is 32.3 Å². The van der Waals surface area contributed by atoms with Crippen LogP contribution in [0, 0.1) is 0 Å². The molecule has 3 heteroatoms. The topological polar surface area (TPSA) is 0 Å². The van der Waals surface area contributed by atoms with Gasteiger partial charge in [0, 0.05) is 0 Å². The molecular weight excluding hydrogens is 409 g/mol. The summed E-state index contributed by atoms with van der Waals surface area (Å²) in [5, 5.41) is 0. The molecule has 100 valence electrons. The first-order valence-electron chi connectivity index (χ1n) is 6.11. The third kappa shape index (κ3) is 4.64. The first-order chi connectivity index (χ1) is 8.35. The van der Waals surface area contributed by atoms with E-state index in [1.807, 2.05) is 12.2 Å². The van der Waals surface area contributed by atoms with E-state index in [0.29, 0.717) is 0 Å². The zero-order valence-electron chi connectivity index (χ0n) is 11.0. The van der Waals surface area contributed by atoms with Gasteiger partial charge in [0.2, 0.25) is 0 Å². The summed E-state index contributed by atoms with van der Waals surface area (Å²) < 4.78 is 3.54. The van der Waals surface area contributed by atoms with Crippen LogP contribution in [0.3, 0.4) is 0 Å². The van der Waals surface area contributed by atoms with Crippen LogP contribution in [0.25, 0.3) is 0 Å². The molecule has 19 heavy (non-hydrogen) atoms. The zero-order chi connectivity index (χ0) is 12.1. The molecule has 0 aromatic carbocycles. The Morgan fingerprint density at radius 2 is 1.32 bits per heavy atom. The fourth-order valence-corrected chi connectivity index (χ4v) is 7.61. The fourth-order valence-electron chi connectivity index (χ4n) is 2.24. The maximum atomic E-state index is 3.85. The molecule has 0 saturated heterocycles. The van der Waals surface area contributed by atoms with Gasteiger partial charge in [-0.25, -0.2) is 0 Å². The largest absolute Gasteiger partial charge is 1.00 e. The zero-order valence-corrected chi connectivity index (χ0v) is 14.6. The molecular formula is C16H18F2Hf. The van der Waals surface area contributed by atoms with E-state index < -0.39 is 22.9 Å². The van der Waals surface area contributed by atoms with Gasteiger partial charge in [-0.1, -0.05) is 0 Å². The minimum Gasteiger partial charge on any atom is -1.00 e. The van der Waals surface area contributed by atoms with Gasteiger partial charge in [0.25, 0.3) is 0 Å². The third-order valence-electron chi connectivity index (χ3n) is 3.09. The third-order valence-corrected chi connectivity index (χ3v) is 9.03. The van der Waals surface area contributed by atoms with Crippen LogP contribution in [0.15, 0.2) is 67.4 Å². The Hall–Kier alpha value is -0.830. The summed E-state index contributed by atoms with van der Waals surface area (Å²) in [6.07, 6.45) is 17.8. The number of halogens is 2. The summed E-state index contributed by atoms with van der Waals surface area (Å²) in [5.41, 5.74) is 3.11. The van der Waals surface area contributed by atoms with Gasteiger partial charge in [0.05, 0.1) is 0 Å². The van der Waals surface area contributed by atoms with Gasteiger partial charge < -0.3 is 9.41 Å². The summed E-state index contributed by atoms with van der Waals surface area (Å²) in [5.74, 6) is 0. The summed E-state index contributed by atoms with van der Waals surface area (Å²) in [6, 6.07) is 0. The molecule has 0 saturated carbocycles. The van der Waals surface area contributed by atoms with Gasteiger partial charge in [-0.3, -0.25) is 0 Å². The average Bonchev–Trinajstić information content (AvgIpc) is 2.92. The van der Waals surface area contributed by atoms with Crippen LogP contribution in [-0.2, 0) is 22.9 Å². The molecule has 0 unspecified atom stereocenters. The van der Waals surface area contributed by atoms with Crippen molar-refractivity contribution in [2.24, 2.45) is 0 Å². The van der Waals surface area contributed by atoms with Crippen molar-refractivity contribution in [2.45, 2.75) is 25.7 Å². The Balaban J connectivity index is 0.00000162. The van der Waals surface area contributed by atoms with Crippen molar-refractivity contribution in [1.29, 1.82) is 0 Å². The van der Waals surface area contributed by atoms with Gasteiger partial charge in [0.1, 0.15) is 0 Å². The summed E-state index contributed by atoms with van der Waals surface area (Å²) in [6.45, 7) is 7.70. The molecule has 0 aromatic rings. The molecule has 0 N–H and O–H groups in total. The van der Waals surface area contributed by atoms with Crippen LogP contribution < -0.4 is 9.41 Å². The van der Waals surface area contributed by atoms with E-state index >= 15 is 0 Å². The molecule has 0 spiro atoms. The number of rotatable bonds is 6. The molecule has 0 atom stereocenters. The molecule has 0 amide bonds. The van der Waals surface area contributed by atoms with Gasteiger partial charge in [-0.05, 0) is 0 Å². The average molecular weight is 427 g/mol. The van der Waals surface area contributed by atoms with Crippen LogP contribution in [0.4, 0.5) is 0 Å². The Labute approximate surface area is 125 Å². The smallest absolute Gasteiger partial charge is 1.00 e. The Morgan fingerprint density at radius 1 is 0.895 bits per heavy atom. The molecule has 0 nitrogen and oxygen atoms in total. The summed E-state index contributed by atoms with van der Waals surface area (Å²) in [4.78, 5) is 0. The maximum absolute atomic E-state index is 3.85. The van der Waals surface area contributed by atoms with Gasteiger partial charge in [0.15, 0.2) is 0 Å². The first kappa shape index (κ1) is 18.2. The predicted molar refractivity (Wildman–Crippen MR) is 71.2 cm³/mol. The Kier molecular flexibility index (Phi) is 8.74. The van der Waals surface area contributed by atoms with Crippen LogP contribution in [0.2, 0.25) is 0 Å². The van der Waals surface area contributed by atoms with E-state index in [2.05, 4.69) is 37.5 Å². The molecule has 2 aliphatic rings. The van der Waals surface area contributed by atoms with Crippen molar-refractivity contribution in [1.82, 2.24) is 0 Å². The van der Waals surface area contributed by atoms with Gasteiger partial charge in [-0.15, -0.1) is 0 Å². The molecule has 2 rings (SSSR count). The molecule has 0 radical (unpaired) electrons. The SMILES string of the molecule is C=CCC1=[C]([Hf+2][C]2=C(CC=C)C=CC2)CC=C1.[F-].[F-]. The Morgan fingerprint density at radius 3 is 1.68 bits per heavy atom. The molecule has 0 aromatic heterocycles. The monoisotopic (exact) mass is 428 g/mol. The summed E-state index contributed by atoms with van der Waals surface area (Å²) >= 11 is -0.778. The second-order valence-electron chi connectivity index (χ2n) is 4.33. The van der Waals surface area contributed by atoms with Gasteiger partial charge >= 0.3 is 116 Å². The van der Waals surface area contributed by atoms with Crippen molar-refractivity contribution in [3.8, 4) is 0 Å². The van der Waals surface area contributed by atoms with Crippen LogP contribution in [0.1, 0.15) is 25.7 Å². The van der Waals surface area contributed by atoms with E-state index in [1.165, 1.54) is 12.8 Å². The second-order valence-corrected chi connectivity index (χ2v) is 9.57. The maximum Gasteiger partial charge on any atom is -1.00 e. The first-order valence-corrected chi connectivity index (χ1v) is 9.70. The normalized spacial score (nSPS) is 16.0.